The highest BCUT2D eigenvalue weighted by Crippen LogP contribution is 2.27. The molecule has 21 heavy (non-hydrogen) atoms. The quantitative estimate of drug-likeness (QED) is 0.867. The van der Waals surface area contributed by atoms with Crippen molar-refractivity contribution >= 4 is 0 Å². The van der Waals surface area contributed by atoms with Crippen molar-refractivity contribution in [2.75, 3.05) is 0 Å². The van der Waals surface area contributed by atoms with Crippen LogP contribution >= 0.6 is 0 Å². The van der Waals surface area contributed by atoms with Gasteiger partial charge in [-0.2, -0.15) is 0 Å². The first-order valence-corrected chi connectivity index (χ1v) is 8.47. The summed E-state index contributed by atoms with van der Waals surface area (Å²) in [6.07, 6.45) is 4.00. The third kappa shape index (κ3) is 4.82. The van der Waals surface area contributed by atoms with Crippen LogP contribution in [0.4, 0.5) is 0 Å². The molecule has 2 nitrogen and oxygen atoms in total. The third-order valence-corrected chi connectivity index (χ3v) is 4.64. The molecule has 0 bridgehead atoms. The van der Waals surface area contributed by atoms with Gasteiger partial charge >= 0.3 is 0 Å². The second-order valence-corrected chi connectivity index (χ2v) is 7.58. The van der Waals surface area contributed by atoms with Gasteiger partial charge in [0.05, 0.1) is 0 Å². The molecule has 0 saturated carbocycles. The molecule has 2 atom stereocenters. The molecule has 0 spiro atoms. The normalized spacial score (nSPS) is 23.7. The van der Waals surface area contributed by atoms with Crippen molar-refractivity contribution in [3.05, 3.63) is 35.4 Å². The average Bonchev–Trinajstić information content (AvgIpc) is 2.78. The Morgan fingerprint density at radius 3 is 2.29 bits per heavy atom. The Labute approximate surface area is 130 Å². The summed E-state index contributed by atoms with van der Waals surface area (Å²) in [5.74, 6) is 0. The molecule has 1 aromatic rings. The fourth-order valence-electron chi connectivity index (χ4n) is 3.19. The number of nitrogens with zero attached hydrogens (tertiary/aromatic N) is 1. The highest BCUT2D eigenvalue weighted by molar-refractivity contribution is 5.23. The summed E-state index contributed by atoms with van der Waals surface area (Å²) in [5.41, 5.74) is 3.00. The van der Waals surface area contributed by atoms with E-state index in [2.05, 4.69) is 69.1 Å². The summed E-state index contributed by atoms with van der Waals surface area (Å²) in [6.45, 7) is 13.4. The van der Waals surface area contributed by atoms with Crippen LogP contribution in [0.15, 0.2) is 24.3 Å². The Morgan fingerprint density at radius 1 is 1.10 bits per heavy atom. The summed E-state index contributed by atoms with van der Waals surface area (Å²) < 4.78 is 0. The lowest BCUT2D eigenvalue weighted by molar-refractivity contribution is 0.189. The molecule has 118 valence electrons. The van der Waals surface area contributed by atoms with E-state index in [1.165, 1.54) is 30.4 Å². The monoisotopic (exact) mass is 288 g/mol. The van der Waals surface area contributed by atoms with Crippen LogP contribution in [0.25, 0.3) is 0 Å². The van der Waals surface area contributed by atoms with E-state index in [1.807, 2.05) is 0 Å². The topological polar surface area (TPSA) is 15.3 Å². The van der Waals surface area contributed by atoms with Crippen LogP contribution in [-0.4, -0.2) is 22.5 Å². The standard InChI is InChI=1S/C19H32N2/c1-6-18-12-7-15(2)21(18)14-17-10-8-16(9-11-17)13-20-19(3,4)5/h8-11,15,18,20H,6-7,12-14H2,1-5H3. The first-order valence-electron chi connectivity index (χ1n) is 8.47. The van der Waals surface area contributed by atoms with Gasteiger partial charge in [0.1, 0.15) is 0 Å². The summed E-state index contributed by atoms with van der Waals surface area (Å²) in [4.78, 5) is 2.68. The van der Waals surface area contributed by atoms with Crippen LogP contribution in [-0.2, 0) is 13.1 Å². The molecule has 0 amide bonds. The Kier molecular flexibility index (Phi) is 5.45. The molecule has 1 saturated heterocycles. The van der Waals surface area contributed by atoms with Gasteiger partial charge in [-0.3, -0.25) is 4.90 Å². The SMILES string of the molecule is CCC1CCC(C)N1Cc1ccc(CNC(C)(C)C)cc1. The van der Waals surface area contributed by atoms with E-state index in [1.54, 1.807) is 0 Å². The molecule has 1 aliphatic heterocycles. The summed E-state index contributed by atoms with van der Waals surface area (Å²) in [5, 5.41) is 3.54. The van der Waals surface area contributed by atoms with E-state index in [9.17, 15) is 0 Å². The van der Waals surface area contributed by atoms with Gasteiger partial charge in [-0.15, -0.1) is 0 Å². The van der Waals surface area contributed by atoms with E-state index in [0.29, 0.717) is 0 Å². The maximum absolute atomic E-state index is 3.54. The molecular formula is C19H32N2. The van der Waals surface area contributed by atoms with Crippen molar-refractivity contribution in [3.8, 4) is 0 Å². The minimum absolute atomic E-state index is 0.179. The molecule has 0 aromatic heterocycles. The van der Waals surface area contributed by atoms with Crippen molar-refractivity contribution < 1.29 is 0 Å². The lowest BCUT2D eigenvalue weighted by atomic mass is 10.1. The molecule has 1 N–H and O–H groups in total. The second-order valence-electron chi connectivity index (χ2n) is 7.58. The van der Waals surface area contributed by atoms with Crippen molar-refractivity contribution in [2.45, 2.75) is 84.6 Å². The van der Waals surface area contributed by atoms with Crippen LogP contribution in [0.2, 0.25) is 0 Å². The summed E-state index contributed by atoms with van der Waals surface area (Å²) >= 11 is 0. The molecule has 1 heterocycles. The van der Waals surface area contributed by atoms with Gasteiger partial charge < -0.3 is 5.32 Å². The van der Waals surface area contributed by atoms with E-state index >= 15 is 0 Å². The Hall–Kier alpha value is -0.860. The molecule has 2 heteroatoms. The van der Waals surface area contributed by atoms with Crippen molar-refractivity contribution in [2.24, 2.45) is 0 Å². The predicted molar refractivity (Wildman–Crippen MR) is 91.4 cm³/mol. The molecule has 1 fully saturated rings. The van der Waals surface area contributed by atoms with Crippen LogP contribution in [0.1, 0.15) is 65.0 Å². The number of hydrogen-bond acceptors (Lipinski definition) is 2. The molecule has 1 aromatic carbocycles. The van der Waals surface area contributed by atoms with Crippen molar-refractivity contribution in [3.63, 3.8) is 0 Å². The second kappa shape index (κ2) is 6.93. The summed E-state index contributed by atoms with van der Waals surface area (Å²) in [7, 11) is 0. The predicted octanol–water partition coefficient (Wildman–Crippen LogP) is 4.34. The Balaban J connectivity index is 1.93. The number of nitrogens with one attached hydrogen (secondary N) is 1. The van der Waals surface area contributed by atoms with Crippen LogP contribution < -0.4 is 5.32 Å². The zero-order valence-corrected chi connectivity index (χ0v) is 14.4. The fourth-order valence-corrected chi connectivity index (χ4v) is 3.19. The van der Waals surface area contributed by atoms with Crippen LogP contribution in [0, 0.1) is 0 Å². The maximum Gasteiger partial charge on any atom is 0.0239 e. The van der Waals surface area contributed by atoms with Gasteiger partial charge in [0.2, 0.25) is 0 Å². The Morgan fingerprint density at radius 2 is 1.71 bits per heavy atom. The number of likely N-dealkylation sites (tertiary alicyclic amines) is 1. The largest absolute Gasteiger partial charge is 0.308 e. The number of benzene rings is 1. The van der Waals surface area contributed by atoms with Gasteiger partial charge in [-0.05, 0) is 58.1 Å². The smallest absolute Gasteiger partial charge is 0.0239 e. The zero-order chi connectivity index (χ0) is 15.5. The van der Waals surface area contributed by atoms with Gasteiger partial charge in [0.15, 0.2) is 0 Å². The molecule has 1 aliphatic rings. The molecular weight excluding hydrogens is 256 g/mol. The molecule has 2 unspecified atom stereocenters. The first kappa shape index (κ1) is 16.5. The highest BCUT2D eigenvalue weighted by Gasteiger charge is 2.28. The lowest BCUT2D eigenvalue weighted by Crippen LogP contribution is -2.35. The number of rotatable bonds is 5. The van der Waals surface area contributed by atoms with Gasteiger partial charge in [0.25, 0.3) is 0 Å². The van der Waals surface area contributed by atoms with Gasteiger partial charge in [-0.25, -0.2) is 0 Å². The van der Waals surface area contributed by atoms with Crippen LogP contribution in [0.5, 0.6) is 0 Å². The van der Waals surface area contributed by atoms with Gasteiger partial charge in [0, 0.05) is 30.7 Å². The highest BCUT2D eigenvalue weighted by atomic mass is 15.2. The minimum atomic E-state index is 0.179. The van der Waals surface area contributed by atoms with Crippen molar-refractivity contribution in [1.82, 2.24) is 10.2 Å². The van der Waals surface area contributed by atoms with E-state index in [4.69, 9.17) is 0 Å². The van der Waals surface area contributed by atoms with Gasteiger partial charge in [-0.1, -0.05) is 31.2 Å². The van der Waals surface area contributed by atoms with Crippen molar-refractivity contribution in [1.29, 1.82) is 0 Å². The fraction of sp³-hybridized carbons (Fsp3) is 0.684. The van der Waals surface area contributed by atoms with Crippen LogP contribution in [0.3, 0.4) is 0 Å². The van der Waals surface area contributed by atoms with E-state index < -0.39 is 0 Å². The molecule has 2 rings (SSSR count). The number of hydrogen-bond donors (Lipinski definition) is 1. The first-order chi connectivity index (χ1) is 9.89. The molecule has 0 radical (unpaired) electrons. The zero-order valence-electron chi connectivity index (χ0n) is 14.4. The third-order valence-electron chi connectivity index (χ3n) is 4.64. The average molecular weight is 288 g/mol. The Bertz CT molecular complexity index is 430. The maximum atomic E-state index is 3.54. The minimum Gasteiger partial charge on any atom is -0.308 e. The van der Waals surface area contributed by atoms with E-state index in [-0.39, 0.29) is 5.54 Å². The summed E-state index contributed by atoms with van der Waals surface area (Å²) in [6, 6.07) is 10.7. The lowest BCUT2D eigenvalue weighted by Gasteiger charge is -2.27. The van der Waals surface area contributed by atoms with E-state index in [0.717, 1.165) is 25.2 Å². The molecule has 0 aliphatic carbocycles.